The van der Waals surface area contributed by atoms with Crippen molar-refractivity contribution in [1.29, 1.82) is 0 Å². The van der Waals surface area contributed by atoms with Crippen LogP contribution in [0.4, 0.5) is 0 Å². The fourth-order valence-electron chi connectivity index (χ4n) is 0.924. The van der Waals surface area contributed by atoms with Gasteiger partial charge in [-0.25, -0.2) is 0 Å². The van der Waals surface area contributed by atoms with Crippen LogP contribution < -0.4 is 0 Å². The molecule has 0 aliphatic carbocycles. The van der Waals surface area contributed by atoms with Gasteiger partial charge >= 0.3 is 0 Å². The summed E-state index contributed by atoms with van der Waals surface area (Å²) in [6.07, 6.45) is 1.18. The number of unbranched alkanes of at least 4 members (excludes halogenated alkanes) is 1. The fourth-order valence-corrected chi connectivity index (χ4v) is 0.924. The molecule has 0 saturated carbocycles. The van der Waals surface area contributed by atoms with Gasteiger partial charge in [-0.2, -0.15) is 0 Å². The SMILES string of the molecule is OCCCCC(O)OCCOCCO. The highest BCUT2D eigenvalue weighted by Crippen LogP contribution is 2.01. The Labute approximate surface area is 84.3 Å². The summed E-state index contributed by atoms with van der Waals surface area (Å²) in [4.78, 5) is 0. The van der Waals surface area contributed by atoms with Crippen LogP contribution in [-0.4, -0.2) is 54.6 Å². The largest absolute Gasteiger partial charge is 0.396 e. The van der Waals surface area contributed by atoms with Crippen molar-refractivity contribution < 1.29 is 24.8 Å². The predicted molar refractivity (Wildman–Crippen MR) is 50.8 cm³/mol. The Morgan fingerprint density at radius 3 is 2.36 bits per heavy atom. The Kier molecular flexibility index (Phi) is 10.7. The quantitative estimate of drug-likeness (QED) is 0.333. The molecule has 0 spiro atoms. The second-order valence-corrected chi connectivity index (χ2v) is 2.88. The van der Waals surface area contributed by atoms with E-state index in [4.69, 9.17) is 19.7 Å². The maximum absolute atomic E-state index is 9.22. The Balaban J connectivity index is 3.06. The van der Waals surface area contributed by atoms with Gasteiger partial charge in [-0.3, -0.25) is 0 Å². The summed E-state index contributed by atoms with van der Waals surface area (Å²) in [5, 5.41) is 26.1. The maximum atomic E-state index is 9.22. The van der Waals surface area contributed by atoms with Gasteiger partial charge in [0.25, 0.3) is 0 Å². The molecule has 0 saturated heterocycles. The van der Waals surface area contributed by atoms with Gasteiger partial charge in [0.1, 0.15) is 0 Å². The van der Waals surface area contributed by atoms with Crippen LogP contribution in [0.1, 0.15) is 19.3 Å². The van der Waals surface area contributed by atoms with Crippen LogP contribution in [0, 0.1) is 0 Å². The summed E-state index contributed by atoms with van der Waals surface area (Å²) >= 11 is 0. The van der Waals surface area contributed by atoms with Crippen molar-refractivity contribution in [1.82, 2.24) is 0 Å². The highest BCUT2D eigenvalue weighted by Gasteiger charge is 2.02. The van der Waals surface area contributed by atoms with E-state index in [0.717, 1.165) is 6.42 Å². The second kappa shape index (κ2) is 10.9. The number of aliphatic hydroxyl groups is 3. The maximum Gasteiger partial charge on any atom is 0.154 e. The summed E-state index contributed by atoms with van der Waals surface area (Å²) < 4.78 is 9.94. The fraction of sp³-hybridized carbons (Fsp3) is 1.00. The zero-order valence-corrected chi connectivity index (χ0v) is 8.39. The molecule has 1 unspecified atom stereocenters. The van der Waals surface area contributed by atoms with Crippen LogP contribution in [0.2, 0.25) is 0 Å². The third-order valence-corrected chi connectivity index (χ3v) is 1.63. The van der Waals surface area contributed by atoms with E-state index in [0.29, 0.717) is 32.7 Å². The van der Waals surface area contributed by atoms with E-state index >= 15 is 0 Å². The van der Waals surface area contributed by atoms with Crippen LogP contribution in [0.15, 0.2) is 0 Å². The van der Waals surface area contributed by atoms with E-state index in [1.807, 2.05) is 0 Å². The van der Waals surface area contributed by atoms with Gasteiger partial charge in [0.15, 0.2) is 6.29 Å². The van der Waals surface area contributed by atoms with Crippen molar-refractivity contribution in [2.45, 2.75) is 25.6 Å². The topological polar surface area (TPSA) is 79.2 Å². The molecule has 0 fully saturated rings. The van der Waals surface area contributed by atoms with Gasteiger partial charge in [0.2, 0.25) is 0 Å². The van der Waals surface area contributed by atoms with Crippen molar-refractivity contribution in [3.63, 3.8) is 0 Å². The normalized spacial score (nSPS) is 13.1. The zero-order valence-electron chi connectivity index (χ0n) is 8.39. The Morgan fingerprint density at radius 2 is 1.71 bits per heavy atom. The van der Waals surface area contributed by atoms with E-state index in [-0.39, 0.29) is 13.2 Å². The van der Waals surface area contributed by atoms with Crippen molar-refractivity contribution in [3.8, 4) is 0 Å². The van der Waals surface area contributed by atoms with Gasteiger partial charge in [-0.15, -0.1) is 0 Å². The number of rotatable bonds is 10. The lowest BCUT2D eigenvalue weighted by Gasteiger charge is -2.11. The molecule has 0 amide bonds. The molecule has 1 atom stereocenters. The van der Waals surface area contributed by atoms with Crippen LogP contribution >= 0.6 is 0 Å². The highest BCUT2D eigenvalue weighted by atomic mass is 16.6. The lowest BCUT2D eigenvalue weighted by molar-refractivity contribution is -0.117. The van der Waals surface area contributed by atoms with Gasteiger partial charge < -0.3 is 24.8 Å². The summed E-state index contributed by atoms with van der Waals surface area (Å²) in [6, 6.07) is 0. The predicted octanol–water partition coefficient (Wildman–Crippen LogP) is -0.507. The molecule has 0 aromatic carbocycles. The molecule has 3 N–H and O–H groups in total. The smallest absolute Gasteiger partial charge is 0.154 e. The minimum absolute atomic E-state index is 0.000939. The van der Waals surface area contributed by atoms with Crippen LogP contribution in [-0.2, 0) is 9.47 Å². The summed E-state index contributed by atoms with van der Waals surface area (Å²) in [7, 11) is 0. The summed E-state index contributed by atoms with van der Waals surface area (Å²) in [5.74, 6) is 0. The van der Waals surface area contributed by atoms with E-state index in [9.17, 15) is 5.11 Å². The summed E-state index contributed by atoms with van der Waals surface area (Å²) in [5.41, 5.74) is 0. The monoisotopic (exact) mass is 208 g/mol. The zero-order chi connectivity index (χ0) is 10.6. The van der Waals surface area contributed by atoms with Crippen molar-refractivity contribution in [2.75, 3.05) is 33.0 Å². The van der Waals surface area contributed by atoms with Crippen molar-refractivity contribution >= 4 is 0 Å². The molecule has 0 heterocycles. The van der Waals surface area contributed by atoms with Gasteiger partial charge in [-0.05, 0) is 19.3 Å². The average molecular weight is 208 g/mol. The third kappa shape index (κ3) is 9.88. The summed E-state index contributed by atoms with van der Waals surface area (Å²) in [6.45, 7) is 1.13. The van der Waals surface area contributed by atoms with Gasteiger partial charge in [-0.1, -0.05) is 0 Å². The van der Waals surface area contributed by atoms with Crippen LogP contribution in [0.3, 0.4) is 0 Å². The van der Waals surface area contributed by atoms with E-state index in [1.54, 1.807) is 0 Å². The lowest BCUT2D eigenvalue weighted by Crippen LogP contribution is -2.16. The van der Waals surface area contributed by atoms with Gasteiger partial charge in [0, 0.05) is 6.61 Å². The first-order valence-corrected chi connectivity index (χ1v) is 4.90. The minimum Gasteiger partial charge on any atom is -0.396 e. The van der Waals surface area contributed by atoms with Gasteiger partial charge in [0.05, 0.1) is 26.4 Å². The molecule has 0 aliphatic rings. The molecule has 0 radical (unpaired) electrons. The molecular formula is C9H20O5. The van der Waals surface area contributed by atoms with E-state index in [1.165, 1.54) is 0 Å². The first kappa shape index (κ1) is 13.8. The molecular weight excluding hydrogens is 188 g/mol. The molecule has 5 nitrogen and oxygen atoms in total. The number of ether oxygens (including phenoxy) is 2. The third-order valence-electron chi connectivity index (χ3n) is 1.63. The molecule has 5 heteroatoms. The van der Waals surface area contributed by atoms with E-state index in [2.05, 4.69) is 0 Å². The number of hydrogen-bond donors (Lipinski definition) is 3. The first-order valence-electron chi connectivity index (χ1n) is 4.90. The Bertz CT molecular complexity index is 109. The molecule has 86 valence electrons. The standard InChI is InChI=1S/C9H20O5/c10-4-2-1-3-9(12)14-8-7-13-6-5-11/h9-12H,1-8H2. The highest BCUT2D eigenvalue weighted by molar-refractivity contribution is 4.44. The Morgan fingerprint density at radius 1 is 0.929 bits per heavy atom. The second-order valence-electron chi connectivity index (χ2n) is 2.88. The first-order chi connectivity index (χ1) is 6.81. The number of aliphatic hydroxyl groups excluding tert-OH is 3. The molecule has 0 aromatic rings. The minimum atomic E-state index is -0.778. The van der Waals surface area contributed by atoms with E-state index < -0.39 is 6.29 Å². The van der Waals surface area contributed by atoms with Crippen molar-refractivity contribution in [3.05, 3.63) is 0 Å². The molecule has 0 aliphatic heterocycles. The molecule has 0 bridgehead atoms. The van der Waals surface area contributed by atoms with Crippen LogP contribution in [0.5, 0.6) is 0 Å². The lowest BCUT2D eigenvalue weighted by atomic mass is 10.2. The molecule has 0 rings (SSSR count). The molecule has 0 aromatic heterocycles. The Hall–Kier alpha value is -0.200. The van der Waals surface area contributed by atoms with Crippen molar-refractivity contribution in [2.24, 2.45) is 0 Å². The van der Waals surface area contributed by atoms with Crippen LogP contribution in [0.25, 0.3) is 0 Å². The average Bonchev–Trinajstić information content (AvgIpc) is 2.18. The number of hydrogen-bond acceptors (Lipinski definition) is 5. The molecule has 14 heavy (non-hydrogen) atoms.